The van der Waals surface area contributed by atoms with Gasteiger partial charge in [-0.3, -0.25) is 0 Å². The van der Waals surface area contributed by atoms with Gasteiger partial charge in [0.05, 0.1) is 0 Å². The van der Waals surface area contributed by atoms with E-state index in [0.29, 0.717) is 5.25 Å². The van der Waals surface area contributed by atoms with Crippen molar-refractivity contribution in [1.82, 2.24) is 0 Å². The van der Waals surface area contributed by atoms with E-state index in [2.05, 4.69) is 19.6 Å². The summed E-state index contributed by atoms with van der Waals surface area (Å²) in [6, 6.07) is 0. The molecule has 10 heavy (non-hydrogen) atoms. The van der Waals surface area contributed by atoms with Crippen LogP contribution in [0.3, 0.4) is 0 Å². The van der Waals surface area contributed by atoms with Crippen molar-refractivity contribution in [3.05, 3.63) is 0 Å². The van der Waals surface area contributed by atoms with Crippen molar-refractivity contribution in [2.24, 2.45) is 5.92 Å². The topological polar surface area (TPSA) is 0 Å². The zero-order chi connectivity index (χ0) is 7.40. The summed E-state index contributed by atoms with van der Waals surface area (Å²) in [4.78, 5) is 0. The van der Waals surface area contributed by atoms with Gasteiger partial charge in [0.25, 0.3) is 0 Å². The molecule has 2 atom stereocenters. The first kappa shape index (κ1) is 8.45. The Bertz CT molecular complexity index is 90.7. The molecule has 0 radical (unpaired) electrons. The lowest BCUT2D eigenvalue weighted by Gasteiger charge is -2.17. The third-order valence-electron chi connectivity index (χ3n) is 2.64. The van der Waals surface area contributed by atoms with E-state index in [4.69, 9.17) is 0 Å². The van der Waals surface area contributed by atoms with E-state index in [1.807, 2.05) is 0 Å². The van der Waals surface area contributed by atoms with Crippen LogP contribution in [0.4, 0.5) is 0 Å². The van der Waals surface area contributed by atoms with E-state index in [1.165, 1.54) is 38.5 Å². The smallest absolute Gasteiger partial charge is 0.00449 e. The zero-order valence-electron chi connectivity index (χ0n) is 6.84. The molecule has 60 valence electrons. The summed E-state index contributed by atoms with van der Waals surface area (Å²) in [6.07, 6.45) is 8.38. The van der Waals surface area contributed by atoms with Gasteiger partial charge in [-0.1, -0.05) is 32.6 Å². The minimum absolute atomic E-state index is 0.701. The summed E-state index contributed by atoms with van der Waals surface area (Å²) in [5.41, 5.74) is 0. The van der Waals surface area contributed by atoms with Crippen molar-refractivity contribution >= 4 is 12.6 Å². The minimum Gasteiger partial charge on any atom is -0.176 e. The van der Waals surface area contributed by atoms with Crippen molar-refractivity contribution in [2.45, 2.75) is 50.7 Å². The van der Waals surface area contributed by atoms with Gasteiger partial charge in [0.15, 0.2) is 0 Å². The molecule has 1 saturated carbocycles. The molecule has 1 aliphatic carbocycles. The number of rotatable bonds is 1. The fourth-order valence-corrected chi connectivity index (χ4v) is 2.38. The molecule has 1 aliphatic rings. The molecule has 0 nitrogen and oxygen atoms in total. The van der Waals surface area contributed by atoms with Gasteiger partial charge >= 0.3 is 0 Å². The third-order valence-corrected chi connectivity index (χ3v) is 3.32. The fourth-order valence-electron chi connectivity index (χ4n) is 1.84. The number of hydrogen-bond acceptors (Lipinski definition) is 1. The Balaban J connectivity index is 2.35. The highest BCUT2D eigenvalue weighted by Gasteiger charge is 2.17. The van der Waals surface area contributed by atoms with Crippen LogP contribution in [0, 0.1) is 5.92 Å². The van der Waals surface area contributed by atoms with Crippen LogP contribution < -0.4 is 0 Å². The summed E-state index contributed by atoms with van der Waals surface area (Å²) in [6.45, 7) is 2.29. The molecular weight excluding hydrogens is 140 g/mol. The summed E-state index contributed by atoms with van der Waals surface area (Å²) in [5.74, 6) is 0.908. The Kier molecular flexibility index (Phi) is 3.61. The fraction of sp³-hybridized carbons (Fsp3) is 1.00. The van der Waals surface area contributed by atoms with Crippen LogP contribution in [-0.4, -0.2) is 5.25 Å². The van der Waals surface area contributed by atoms with Crippen LogP contribution in [0.15, 0.2) is 0 Å². The highest BCUT2D eigenvalue weighted by molar-refractivity contribution is 7.81. The van der Waals surface area contributed by atoms with E-state index < -0.39 is 0 Å². The van der Waals surface area contributed by atoms with Gasteiger partial charge < -0.3 is 0 Å². The van der Waals surface area contributed by atoms with Gasteiger partial charge in [0.2, 0.25) is 0 Å². The minimum atomic E-state index is 0.701. The van der Waals surface area contributed by atoms with Crippen LogP contribution in [0.25, 0.3) is 0 Å². The van der Waals surface area contributed by atoms with E-state index >= 15 is 0 Å². The molecule has 0 bridgehead atoms. The van der Waals surface area contributed by atoms with E-state index in [9.17, 15) is 0 Å². The molecule has 0 spiro atoms. The van der Waals surface area contributed by atoms with Crippen molar-refractivity contribution in [3.8, 4) is 0 Å². The molecule has 0 aromatic heterocycles. The van der Waals surface area contributed by atoms with Crippen LogP contribution >= 0.6 is 12.6 Å². The van der Waals surface area contributed by atoms with E-state index in [-0.39, 0.29) is 0 Å². The van der Waals surface area contributed by atoms with Crippen LogP contribution in [0.5, 0.6) is 0 Å². The number of hydrogen-bond donors (Lipinski definition) is 1. The normalized spacial score (nSPS) is 35.4. The third kappa shape index (κ3) is 2.19. The Morgan fingerprint density at radius 2 is 1.90 bits per heavy atom. The summed E-state index contributed by atoms with van der Waals surface area (Å²) < 4.78 is 0. The van der Waals surface area contributed by atoms with Gasteiger partial charge in [-0.05, 0) is 18.8 Å². The molecule has 0 aromatic carbocycles. The van der Waals surface area contributed by atoms with Gasteiger partial charge in [-0.2, -0.15) is 12.6 Å². The average Bonchev–Trinajstić information content (AvgIpc) is 2.13. The first-order valence-corrected chi connectivity index (χ1v) is 5.04. The molecule has 1 heteroatoms. The summed E-state index contributed by atoms with van der Waals surface area (Å²) >= 11 is 4.61. The molecule has 0 heterocycles. The SMILES string of the molecule is CCC1CCCCCC1S. The quantitative estimate of drug-likeness (QED) is 0.439. The van der Waals surface area contributed by atoms with Crippen molar-refractivity contribution in [1.29, 1.82) is 0 Å². The Labute approximate surface area is 69.8 Å². The lowest BCUT2D eigenvalue weighted by Crippen LogP contribution is -2.11. The van der Waals surface area contributed by atoms with Gasteiger partial charge in [0, 0.05) is 5.25 Å². The Morgan fingerprint density at radius 3 is 2.60 bits per heavy atom. The first-order valence-electron chi connectivity index (χ1n) is 4.52. The van der Waals surface area contributed by atoms with Crippen LogP contribution in [0.1, 0.15) is 45.4 Å². The van der Waals surface area contributed by atoms with Gasteiger partial charge in [0.1, 0.15) is 0 Å². The number of thiol groups is 1. The molecule has 1 rings (SSSR count). The zero-order valence-corrected chi connectivity index (χ0v) is 7.74. The molecule has 0 N–H and O–H groups in total. The maximum Gasteiger partial charge on any atom is 0.00449 e. The highest BCUT2D eigenvalue weighted by Crippen LogP contribution is 2.28. The second-order valence-corrected chi connectivity index (χ2v) is 4.04. The van der Waals surface area contributed by atoms with Crippen molar-refractivity contribution < 1.29 is 0 Å². The predicted octanol–water partition coefficient (Wildman–Crippen LogP) is 3.28. The van der Waals surface area contributed by atoms with E-state index in [1.54, 1.807) is 0 Å². The Hall–Kier alpha value is 0.350. The lowest BCUT2D eigenvalue weighted by molar-refractivity contribution is 0.460. The molecule has 0 saturated heterocycles. The second-order valence-electron chi connectivity index (χ2n) is 3.37. The molecule has 0 aromatic rings. The second kappa shape index (κ2) is 4.27. The van der Waals surface area contributed by atoms with E-state index in [0.717, 1.165) is 5.92 Å². The maximum absolute atomic E-state index is 4.61. The molecular formula is C9H18S. The van der Waals surface area contributed by atoms with Crippen molar-refractivity contribution in [3.63, 3.8) is 0 Å². The largest absolute Gasteiger partial charge is 0.176 e. The Morgan fingerprint density at radius 1 is 1.20 bits per heavy atom. The first-order chi connectivity index (χ1) is 4.84. The molecule has 0 aliphatic heterocycles. The highest BCUT2D eigenvalue weighted by atomic mass is 32.1. The van der Waals surface area contributed by atoms with Crippen LogP contribution in [-0.2, 0) is 0 Å². The van der Waals surface area contributed by atoms with Gasteiger partial charge in [-0.15, -0.1) is 0 Å². The van der Waals surface area contributed by atoms with Crippen LogP contribution in [0.2, 0.25) is 0 Å². The van der Waals surface area contributed by atoms with Gasteiger partial charge in [-0.25, -0.2) is 0 Å². The molecule has 2 unspecified atom stereocenters. The summed E-state index contributed by atoms with van der Waals surface area (Å²) in [5, 5.41) is 0.701. The monoisotopic (exact) mass is 158 g/mol. The predicted molar refractivity (Wildman–Crippen MR) is 49.6 cm³/mol. The van der Waals surface area contributed by atoms with Crippen molar-refractivity contribution in [2.75, 3.05) is 0 Å². The molecule has 1 fully saturated rings. The maximum atomic E-state index is 4.61. The summed E-state index contributed by atoms with van der Waals surface area (Å²) in [7, 11) is 0. The standard InChI is InChI=1S/C9H18S/c1-2-8-6-4-3-5-7-9(8)10/h8-10H,2-7H2,1H3. The molecule has 0 amide bonds. The lowest BCUT2D eigenvalue weighted by atomic mass is 9.97. The average molecular weight is 158 g/mol.